The maximum Gasteiger partial charge on any atom is 0.407 e. The molecule has 0 aromatic heterocycles. The third-order valence-corrected chi connectivity index (χ3v) is 8.30. The highest BCUT2D eigenvalue weighted by Crippen LogP contribution is 2.44. The van der Waals surface area contributed by atoms with Crippen LogP contribution in [0.4, 0.5) is 4.79 Å². The molecule has 0 radical (unpaired) electrons. The Kier molecular flexibility index (Phi) is 10.7. The van der Waals surface area contributed by atoms with E-state index in [-0.39, 0.29) is 38.0 Å². The van der Waals surface area contributed by atoms with Crippen LogP contribution in [-0.2, 0) is 28.5 Å². The van der Waals surface area contributed by atoms with E-state index in [1.54, 1.807) is 6.92 Å². The lowest BCUT2D eigenvalue weighted by Gasteiger charge is -2.35. The third-order valence-electron chi connectivity index (χ3n) is 8.30. The number of fused-ring (bicyclic) bond motifs is 3. The van der Waals surface area contributed by atoms with Crippen LogP contribution in [-0.4, -0.2) is 83.7 Å². The first-order chi connectivity index (χ1) is 21.2. The van der Waals surface area contributed by atoms with Gasteiger partial charge in [0.1, 0.15) is 18.8 Å². The van der Waals surface area contributed by atoms with Crippen LogP contribution in [0.25, 0.3) is 11.1 Å². The van der Waals surface area contributed by atoms with Gasteiger partial charge in [-0.2, -0.15) is 0 Å². The summed E-state index contributed by atoms with van der Waals surface area (Å²) in [5.74, 6) is -2.66. The van der Waals surface area contributed by atoms with Crippen molar-refractivity contribution in [2.24, 2.45) is 0 Å². The Hall–Kier alpha value is -3.77. The molecule has 4 N–H and O–H groups in total. The Bertz CT molecular complexity index is 1360. The van der Waals surface area contributed by atoms with Gasteiger partial charge in [0.25, 0.3) is 0 Å². The van der Waals surface area contributed by atoms with E-state index < -0.39 is 47.6 Å². The maximum atomic E-state index is 12.6. The van der Waals surface area contributed by atoms with E-state index in [0.29, 0.717) is 12.2 Å². The summed E-state index contributed by atoms with van der Waals surface area (Å²) >= 11 is 0. The second-order valence-electron chi connectivity index (χ2n) is 12.4. The largest absolute Gasteiger partial charge is 0.480 e. The topological polar surface area (TPSA) is 153 Å². The second kappa shape index (κ2) is 14.1. The molecule has 4 atom stereocenters. The molecule has 244 valence electrons. The van der Waals surface area contributed by atoms with Gasteiger partial charge in [-0.1, -0.05) is 55.1 Å². The highest BCUT2D eigenvalue weighted by molar-refractivity contribution is 5.82. The van der Waals surface area contributed by atoms with E-state index in [0.717, 1.165) is 22.3 Å². The van der Waals surface area contributed by atoms with Gasteiger partial charge >= 0.3 is 12.1 Å². The predicted molar refractivity (Wildman–Crippen MR) is 167 cm³/mol. The van der Waals surface area contributed by atoms with Crippen molar-refractivity contribution >= 4 is 18.0 Å². The predicted octanol–water partition coefficient (Wildman–Crippen LogP) is 4.13. The maximum absolute atomic E-state index is 12.6. The molecule has 1 aliphatic carbocycles. The molecular formula is C34H44N2O9. The number of benzene rings is 2. The van der Waals surface area contributed by atoms with Crippen LogP contribution in [0.2, 0.25) is 0 Å². The van der Waals surface area contributed by atoms with Gasteiger partial charge in [0.15, 0.2) is 5.79 Å². The molecular weight excluding hydrogens is 580 g/mol. The molecule has 1 heterocycles. The van der Waals surface area contributed by atoms with E-state index in [9.17, 15) is 24.6 Å². The van der Waals surface area contributed by atoms with Gasteiger partial charge in [-0.25, -0.2) is 9.59 Å². The molecule has 0 spiro atoms. The SMILES string of the molecule is C=C([C@H]1COC(C)(C)O1)C(C)(C)O[C@@H](C)[C@@H](O)CNC(=O)CC[C@H](NC(=O)OCC1c2ccccc2-c2ccccc21)C(=O)O. The van der Waals surface area contributed by atoms with Crippen LogP contribution >= 0.6 is 0 Å². The van der Waals surface area contributed by atoms with E-state index in [1.807, 2.05) is 76.2 Å². The van der Waals surface area contributed by atoms with Crippen LogP contribution in [0, 0.1) is 0 Å². The first kappa shape index (κ1) is 34.1. The van der Waals surface area contributed by atoms with Gasteiger partial charge in [0.2, 0.25) is 5.91 Å². The van der Waals surface area contributed by atoms with Gasteiger partial charge in [-0.05, 0) is 68.9 Å². The van der Waals surface area contributed by atoms with Crippen LogP contribution < -0.4 is 10.6 Å². The number of aliphatic hydroxyl groups excluding tert-OH is 1. The number of hydrogen-bond donors (Lipinski definition) is 4. The Labute approximate surface area is 263 Å². The standard InChI is InChI=1S/C34H44N2O9/c1-20(29-19-43-34(5,6)45-29)33(3,4)44-21(2)28(37)17-35-30(38)16-15-27(31(39)40)36-32(41)42-18-26-24-13-9-7-11-22(24)23-12-8-10-14-25(23)26/h7-14,21,26-29,37H,1,15-19H2,2-6H3,(H,35,38)(H,36,41)(H,39,40)/t21-,27-,28-,29+/m0/s1. The first-order valence-electron chi connectivity index (χ1n) is 15.2. The minimum absolute atomic E-state index is 0.0361. The van der Waals surface area contributed by atoms with Crippen molar-refractivity contribution in [2.45, 2.75) is 89.1 Å². The van der Waals surface area contributed by atoms with E-state index in [4.69, 9.17) is 18.9 Å². The minimum atomic E-state index is -1.34. The smallest absolute Gasteiger partial charge is 0.407 e. The molecule has 0 saturated carbocycles. The number of carbonyl (C=O) groups excluding carboxylic acids is 2. The van der Waals surface area contributed by atoms with Crippen LogP contribution in [0.1, 0.15) is 64.5 Å². The fourth-order valence-electron chi connectivity index (χ4n) is 5.65. The lowest BCUT2D eigenvalue weighted by Crippen LogP contribution is -2.45. The fourth-order valence-corrected chi connectivity index (χ4v) is 5.65. The minimum Gasteiger partial charge on any atom is -0.480 e. The van der Waals surface area contributed by atoms with Gasteiger partial charge in [-0.15, -0.1) is 0 Å². The van der Waals surface area contributed by atoms with Crippen LogP contribution in [0.15, 0.2) is 60.7 Å². The normalized spacial score (nSPS) is 19.1. The van der Waals surface area contributed by atoms with Gasteiger partial charge in [-0.3, -0.25) is 4.79 Å². The van der Waals surface area contributed by atoms with Crippen molar-refractivity contribution in [2.75, 3.05) is 19.8 Å². The number of aliphatic hydroxyl groups is 1. The van der Waals surface area contributed by atoms with Crippen molar-refractivity contribution in [1.82, 2.24) is 10.6 Å². The molecule has 11 heteroatoms. The summed E-state index contributed by atoms with van der Waals surface area (Å²) in [5, 5.41) is 25.2. The van der Waals surface area contributed by atoms with Gasteiger partial charge in [0, 0.05) is 18.9 Å². The number of hydrogen-bond acceptors (Lipinski definition) is 8. The molecule has 4 rings (SSSR count). The van der Waals surface area contributed by atoms with Crippen molar-refractivity contribution < 1.29 is 43.5 Å². The van der Waals surface area contributed by atoms with E-state index in [2.05, 4.69) is 17.2 Å². The average molecular weight is 625 g/mol. The summed E-state index contributed by atoms with van der Waals surface area (Å²) in [6.07, 6.45) is -3.32. The highest BCUT2D eigenvalue weighted by atomic mass is 16.7. The van der Waals surface area contributed by atoms with Crippen molar-refractivity contribution in [3.05, 3.63) is 71.8 Å². The van der Waals surface area contributed by atoms with Crippen LogP contribution in [0.5, 0.6) is 0 Å². The van der Waals surface area contributed by atoms with Gasteiger partial charge < -0.3 is 39.8 Å². The molecule has 11 nitrogen and oxygen atoms in total. The summed E-state index contributed by atoms with van der Waals surface area (Å²) in [6, 6.07) is 14.4. The second-order valence-corrected chi connectivity index (χ2v) is 12.4. The zero-order valence-electron chi connectivity index (χ0n) is 26.5. The quantitative estimate of drug-likeness (QED) is 0.227. The van der Waals surface area contributed by atoms with Gasteiger partial charge in [0.05, 0.1) is 24.4 Å². The Morgan fingerprint density at radius 1 is 1.09 bits per heavy atom. The molecule has 2 aromatic rings. The number of carboxylic acids is 1. The number of ether oxygens (including phenoxy) is 4. The fraction of sp³-hybridized carbons (Fsp3) is 0.500. The van der Waals surface area contributed by atoms with Crippen molar-refractivity contribution in [3.8, 4) is 11.1 Å². The number of alkyl carbamates (subject to hydrolysis) is 1. The molecule has 2 aliphatic rings. The summed E-state index contributed by atoms with van der Waals surface area (Å²) in [5.41, 5.74) is 4.05. The lowest BCUT2D eigenvalue weighted by molar-refractivity contribution is -0.141. The Morgan fingerprint density at radius 3 is 2.24 bits per heavy atom. The number of nitrogens with one attached hydrogen (secondary N) is 2. The number of carboxylic acid groups (broad SMARTS) is 1. The number of rotatable bonds is 14. The van der Waals surface area contributed by atoms with Crippen molar-refractivity contribution in [3.63, 3.8) is 0 Å². The summed E-state index contributed by atoms with van der Waals surface area (Å²) in [4.78, 5) is 36.9. The summed E-state index contributed by atoms with van der Waals surface area (Å²) in [7, 11) is 0. The summed E-state index contributed by atoms with van der Waals surface area (Å²) in [6.45, 7) is 13.3. The molecule has 1 saturated heterocycles. The molecule has 1 fully saturated rings. The number of amides is 2. The zero-order valence-corrected chi connectivity index (χ0v) is 26.5. The molecule has 0 unspecified atom stereocenters. The van der Waals surface area contributed by atoms with Crippen molar-refractivity contribution in [1.29, 1.82) is 0 Å². The number of carbonyl (C=O) groups is 3. The number of aliphatic carboxylic acids is 1. The highest BCUT2D eigenvalue weighted by Gasteiger charge is 2.40. The summed E-state index contributed by atoms with van der Waals surface area (Å²) < 4.78 is 23.0. The third kappa shape index (κ3) is 8.49. The van der Waals surface area contributed by atoms with E-state index >= 15 is 0 Å². The van der Waals surface area contributed by atoms with Crippen LogP contribution in [0.3, 0.4) is 0 Å². The Morgan fingerprint density at radius 2 is 1.69 bits per heavy atom. The molecule has 2 amide bonds. The average Bonchev–Trinajstić information content (AvgIpc) is 3.52. The molecule has 0 bridgehead atoms. The Balaban J connectivity index is 1.20. The monoisotopic (exact) mass is 624 g/mol. The van der Waals surface area contributed by atoms with E-state index in [1.165, 1.54) is 0 Å². The zero-order chi connectivity index (χ0) is 32.9. The molecule has 2 aromatic carbocycles. The molecule has 45 heavy (non-hydrogen) atoms. The lowest BCUT2D eigenvalue weighted by atomic mass is 9.94. The molecule has 1 aliphatic heterocycles. The first-order valence-corrected chi connectivity index (χ1v) is 15.2.